The van der Waals surface area contributed by atoms with Crippen LogP contribution < -0.4 is 5.32 Å². The van der Waals surface area contributed by atoms with Crippen molar-refractivity contribution in [1.82, 2.24) is 4.98 Å². The van der Waals surface area contributed by atoms with Gasteiger partial charge in [0.25, 0.3) is 11.7 Å². The summed E-state index contributed by atoms with van der Waals surface area (Å²) < 4.78 is 0. The summed E-state index contributed by atoms with van der Waals surface area (Å²) in [5.41, 5.74) is 5.72. The van der Waals surface area contributed by atoms with Crippen molar-refractivity contribution in [2.45, 2.75) is 27.7 Å². The van der Waals surface area contributed by atoms with Crippen LogP contribution in [0.2, 0.25) is 0 Å². The number of fused-ring (bicyclic) bond motifs is 1. The number of aryl methyl sites for hydroxylation is 4. The SMILES string of the molecule is Cc1cc(C)c(NC(=O)C(=O)c2c(C)[nH]c3ccccc23)c(C)c1. The van der Waals surface area contributed by atoms with E-state index in [0.717, 1.165) is 27.6 Å². The summed E-state index contributed by atoms with van der Waals surface area (Å²) in [6.45, 7) is 7.67. The molecule has 1 aromatic heterocycles. The molecule has 1 amide bonds. The zero-order valence-electron chi connectivity index (χ0n) is 14.3. The second-order valence-corrected chi connectivity index (χ2v) is 6.23. The lowest BCUT2D eigenvalue weighted by atomic mass is 10.0. The van der Waals surface area contributed by atoms with E-state index >= 15 is 0 Å². The summed E-state index contributed by atoms with van der Waals surface area (Å²) in [5.74, 6) is -1.14. The van der Waals surface area contributed by atoms with Crippen LogP contribution in [0.1, 0.15) is 32.7 Å². The van der Waals surface area contributed by atoms with Gasteiger partial charge < -0.3 is 10.3 Å². The molecule has 0 spiro atoms. The zero-order valence-corrected chi connectivity index (χ0v) is 14.3. The van der Waals surface area contributed by atoms with Crippen molar-refractivity contribution < 1.29 is 9.59 Å². The average Bonchev–Trinajstić information content (AvgIpc) is 2.85. The minimum atomic E-state index is -0.613. The van der Waals surface area contributed by atoms with Crippen molar-refractivity contribution >= 4 is 28.3 Å². The van der Waals surface area contributed by atoms with Crippen molar-refractivity contribution in [3.05, 3.63) is 64.3 Å². The monoisotopic (exact) mass is 320 g/mol. The molecule has 122 valence electrons. The first-order chi connectivity index (χ1) is 11.4. The number of rotatable bonds is 3. The van der Waals surface area contributed by atoms with Crippen molar-refractivity contribution in [2.24, 2.45) is 0 Å². The van der Waals surface area contributed by atoms with E-state index in [0.29, 0.717) is 16.9 Å². The molecule has 0 atom stereocenters. The molecule has 24 heavy (non-hydrogen) atoms. The number of Topliss-reactive ketones (excluding diaryl/α,β-unsaturated/α-hetero) is 1. The number of aromatic amines is 1. The molecule has 0 saturated heterocycles. The van der Waals surface area contributed by atoms with Gasteiger partial charge in [0.05, 0.1) is 5.56 Å². The molecule has 0 unspecified atom stereocenters. The maximum absolute atomic E-state index is 12.7. The Balaban J connectivity index is 1.96. The Morgan fingerprint density at radius 1 is 0.958 bits per heavy atom. The van der Waals surface area contributed by atoms with Crippen LogP contribution >= 0.6 is 0 Å². The van der Waals surface area contributed by atoms with Gasteiger partial charge >= 0.3 is 0 Å². The van der Waals surface area contributed by atoms with Crippen LogP contribution in [-0.2, 0) is 4.79 Å². The number of hydrogen-bond donors (Lipinski definition) is 2. The number of para-hydroxylation sites is 1. The van der Waals surface area contributed by atoms with Crippen molar-refractivity contribution in [3.8, 4) is 0 Å². The summed E-state index contributed by atoms with van der Waals surface area (Å²) in [7, 11) is 0. The van der Waals surface area contributed by atoms with Crippen molar-refractivity contribution in [2.75, 3.05) is 5.32 Å². The van der Waals surface area contributed by atoms with Gasteiger partial charge in [-0.25, -0.2) is 0 Å². The molecule has 1 heterocycles. The molecular formula is C20H20N2O2. The maximum atomic E-state index is 12.7. The molecule has 0 aliphatic carbocycles. The predicted octanol–water partition coefficient (Wildman–Crippen LogP) is 4.22. The largest absolute Gasteiger partial charge is 0.358 e. The molecule has 0 aliphatic heterocycles. The molecule has 0 radical (unpaired) electrons. The van der Waals surface area contributed by atoms with Gasteiger partial charge in [-0.2, -0.15) is 0 Å². The van der Waals surface area contributed by atoms with Gasteiger partial charge in [0, 0.05) is 22.3 Å². The molecule has 0 aliphatic rings. The Morgan fingerprint density at radius 2 is 1.58 bits per heavy atom. The summed E-state index contributed by atoms with van der Waals surface area (Å²) in [5, 5.41) is 3.55. The van der Waals surface area contributed by atoms with Crippen LogP contribution in [0.4, 0.5) is 5.69 Å². The fourth-order valence-corrected chi connectivity index (χ4v) is 3.23. The summed E-state index contributed by atoms with van der Waals surface area (Å²) in [6.07, 6.45) is 0. The smallest absolute Gasteiger partial charge is 0.296 e. The van der Waals surface area contributed by atoms with Crippen LogP contribution in [0.5, 0.6) is 0 Å². The van der Waals surface area contributed by atoms with Crippen LogP contribution in [0.25, 0.3) is 10.9 Å². The van der Waals surface area contributed by atoms with Gasteiger partial charge in [-0.3, -0.25) is 9.59 Å². The highest BCUT2D eigenvalue weighted by Gasteiger charge is 2.23. The summed E-state index contributed by atoms with van der Waals surface area (Å²) >= 11 is 0. The number of hydrogen-bond acceptors (Lipinski definition) is 2. The fraction of sp³-hybridized carbons (Fsp3) is 0.200. The second kappa shape index (κ2) is 5.96. The van der Waals surface area contributed by atoms with Crippen LogP contribution in [0.3, 0.4) is 0 Å². The Morgan fingerprint density at radius 3 is 2.25 bits per heavy atom. The van der Waals surface area contributed by atoms with Gasteiger partial charge in [-0.15, -0.1) is 0 Å². The average molecular weight is 320 g/mol. The van der Waals surface area contributed by atoms with Gasteiger partial charge in [0.15, 0.2) is 0 Å². The fourth-order valence-electron chi connectivity index (χ4n) is 3.23. The van der Waals surface area contributed by atoms with E-state index in [1.54, 1.807) is 0 Å². The van der Waals surface area contributed by atoms with E-state index in [1.165, 1.54) is 0 Å². The summed E-state index contributed by atoms with van der Waals surface area (Å²) in [6, 6.07) is 11.5. The molecular weight excluding hydrogens is 300 g/mol. The Bertz CT molecular complexity index is 944. The third-order valence-corrected chi connectivity index (χ3v) is 4.24. The van der Waals surface area contributed by atoms with Crippen molar-refractivity contribution in [3.63, 3.8) is 0 Å². The number of benzene rings is 2. The van der Waals surface area contributed by atoms with E-state index in [-0.39, 0.29) is 0 Å². The molecule has 0 fully saturated rings. The van der Waals surface area contributed by atoms with Crippen molar-refractivity contribution in [1.29, 1.82) is 0 Å². The van der Waals surface area contributed by atoms with E-state index in [9.17, 15) is 9.59 Å². The van der Waals surface area contributed by atoms with E-state index < -0.39 is 11.7 Å². The lowest BCUT2D eigenvalue weighted by Gasteiger charge is -2.12. The lowest BCUT2D eigenvalue weighted by molar-refractivity contribution is -0.112. The molecule has 0 saturated carbocycles. The van der Waals surface area contributed by atoms with E-state index in [2.05, 4.69) is 10.3 Å². The number of carbonyl (C=O) groups excluding carboxylic acids is 2. The van der Waals surface area contributed by atoms with Crippen LogP contribution in [-0.4, -0.2) is 16.7 Å². The number of aromatic nitrogens is 1. The number of anilines is 1. The van der Waals surface area contributed by atoms with E-state index in [1.807, 2.05) is 64.1 Å². The summed E-state index contributed by atoms with van der Waals surface area (Å²) in [4.78, 5) is 28.4. The third kappa shape index (κ3) is 2.71. The van der Waals surface area contributed by atoms with Gasteiger partial charge in [-0.05, 0) is 44.9 Å². The maximum Gasteiger partial charge on any atom is 0.296 e. The zero-order chi connectivity index (χ0) is 17.4. The molecule has 2 aromatic carbocycles. The quantitative estimate of drug-likeness (QED) is 0.560. The normalized spacial score (nSPS) is 10.8. The standard InChI is InChI=1S/C20H20N2O2/c1-11-9-12(2)18(13(3)10-11)22-20(24)19(23)17-14(4)21-16-8-6-5-7-15(16)17/h5-10,21H,1-4H3,(H,22,24). The minimum absolute atomic E-state index is 0.436. The molecule has 3 rings (SSSR count). The highest BCUT2D eigenvalue weighted by Crippen LogP contribution is 2.25. The van der Waals surface area contributed by atoms with Gasteiger partial charge in [0.1, 0.15) is 0 Å². The predicted molar refractivity (Wildman–Crippen MR) is 96.6 cm³/mol. The Kier molecular flexibility index (Phi) is 3.97. The van der Waals surface area contributed by atoms with Crippen LogP contribution in [0, 0.1) is 27.7 Å². The molecule has 4 nitrogen and oxygen atoms in total. The number of nitrogens with one attached hydrogen (secondary N) is 2. The first-order valence-electron chi connectivity index (χ1n) is 7.89. The number of ketones is 1. The Labute approximate surface area is 140 Å². The van der Waals surface area contributed by atoms with E-state index in [4.69, 9.17) is 0 Å². The number of carbonyl (C=O) groups is 2. The molecule has 0 bridgehead atoms. The number of amides is 1. The number of H-pyrrole nitrogens is 1. The second-order valence-electron chi connectivity index (χ2n) is 6.23. The van der Waals surface area contributed by atoms with Gasteiger partial charge in [0.2, 0.25) is 0 Å². The molecule has 2 N–H and O–H groups in total. The Hall–Kier alpha value is -2.88. The highest BCUT2D eigenvalue weighted by molar-refractivity contribution is 6.48. The first-order valence-corrected chi connectivity index (χ1v) is 7.89. The third-order valence-electron chi connectivity index (χ3n) is 4.24. The minimum Gasteiger partial charge on any atom is -0.358 e. The topological polar surface area (TPSA) is 62.0 Å². The molecule has 3 aromatic rings. The highest BCUT2D eigenvalue weighted by atomic mass is 16.2. The molecule has 4 heteroatoms. The van der Waals surface area contributed by atoms with Crippen LogP contribution in [0.15, 0.2) is 36.4 Å². The lowest BCUT2D eigenvalue weighted by Crippen LogP contribution is -2.24. The van der Waals surface area contributed by atoms with Gasteiger partial charge in [-0.1, -0.05) is 35.9 Å². The first kappa shape index (κ1) is 16.0.